The van der Waals surface area contributed by atoms with Crippen LogP contribution in [0.25, 0.3) is 33.4 Å². The number of ether oxygens (including phenoxy) is 2. The molecule has 1 aliphatic heterocycles. The van der Waals surface area contributed by atoms with E-state index in [1.165, 1.54) is 0 Å². The van der Waals surface area contributed by atoms with Crippen LogP contribution in [-0.2, 0) is 0 Å². The van der Waals surface area contributed by atoms with Gasteiger partial charge in [-0.15, -0.1) is 0 Å². The van der Waals surface area contributed by atoms with Crippen LogP contribution >= 0.6 is 0 Å². The van der Waals surface area contributed by atoms with E-state index < -0.39 is 0 Å². The summed E-state index contributed by atoms with van der Waals surface area (Å²) in [5.74, 6) is 2.76. The Morgan fingerprint density at radius 1 is 0.593 bits per heavy atom. The van der Waals surface area contributed by atoms with Gasteiger partial charge in [-0.05, 0) is 73.5 Å². The first-order chi connectivity index (χ1) is 26.4. The molecule has 4 aromatic carbocycles. The van der Waals surface area contributed by atoms with E-state index >= 15 is 0 Å². The molecule has 54 heavy (non-hydrogen) atoms. The molecule has 274 valence electrons. The predicted molar refractivity (Wildman–Crippen MR) is 214 cm³/mol. The normalized spacial score (nSPS) is 12.9. The average molecular weight is 722 g/mol. The number of fused-ring (bicyclic) bond motifs is 1. The zero-order chi connectivity index (χ0) is 37.3. The lowest BCUT2D eigenvalue weighted by molar-refractivity contribution is 0.206. The number of hydrogen-bond acceptors (Lipinski definition) is 12. The number of benzene rings is 4. The Morgan fingerprint density at radius 3 is 1.61 bits per heavy atom. The van der Waals surface area contributed by atoms with Crippen LogP contribution in [0.3, 0.4) is 0 Å². The van der Waals surface area contributed by atoms with Crippen LogP contribution in [0.15, 0.2) is 126 Å². The lowest BCUT2D eigenvalue weighted by Crippen LogP contribution is -2.49. The van der Waals surface area contributed by atoms with Crippen LogP contribution in [0.1, 0.15) is 13.8 Å². The Bertz CT molecular complexity index is 2220. The molecule has 12 heteroatoms. The smallest absolute Gasteiger partial charge is 0.298 e. The van der Waals surface area contributed by atoms with E-state index in [2.05, 4.69) is 59.2 Å². The molecule has 8 rings (SSSR count). The standard InChI is InChI=1S/C25H28N6O2.C17H15N3O/c1-17(2)30-10-12-31(13-11-30)25-29-22-9-6-20(14-23(22)33-25)28-24-26-15-19(16-27-24)18-4-7-21(32-3)8-5-18;1-21-16-9-7-13(8-10-16)14-11-18-17(19-12-14)20-15-5-3-2-4-6-15/h4-9,14-17H,10-13H2,1-3H3,(H,26,27,28);2-12H,1H3,(H,18,19,20). The number of anilines is 5. The van der Waals surface area contributed by atoms with Crippen molar-refractivity contribution in [2.45, 2.75) is 19.9 Å². The summed E-state index contributed by atoms with van der Waals surface area (Å²) in [7, 11) is 3.31. The first-order valence-corrected chi connectivity index (χ1v) is 17.9. The second kappa shape index (κ2) is 16.9. The summed E-state index contributed by atoms with van der Waals surface area (Å²) in [6.07, 6.45) is 7.22. The SMILES string of the molecule is COc1ccc(-c2cnc(Nc3ccc4nc(N5CCN(C(C)C)CC5)oc4c3)nc2)cc1.COc1ccc(-c2cnc(Nc3ccccc3)nc2)cc1. The largest absolute Gasteiger partial charge is 0.497 e. The molecule has 2 N–H and O–H groups in total. The average Bonchev–Trinajstić information content (AvgIpc) is 3.66. The molecule has 3 aromatic heterocycles. The van der Waals surface area contributed by atoms with E-state index in [4.69, 9.17) is 13.9 Å². The lowest BCUT2D eigenvalue weighted by atomic mass is 10.1. The van der Waals surface area contributed by atoms with E-state index in [1.54, 1.807) is 39.0 Å². The van der Waals surface area contributed by atoms with Gasteiger partial charge in [0.1, 0.15) is 17.0 Å². The Morgan fingerprint density at radius 2 is 1.11 bits per heavy atom. The Kier molecular flexibility index (Phi) is 11.2. The lowest BCUT2D eigenvalue weighted by Gasteiger charge is -2.36. The summed E-state index contributed by atoms with van der Waals surface area (Å²) in [6, 6.07) is 32.6. The molecule has 0 saturated carbocycles. The van der Waals surface area contributed by atoms with Crippen molar-refractivity contribution in [3.8, 4) is 33.8 Å². The number of para-hydroxylation sites is 1. The maximum absolute atomic E-state index is 6.08. The highest BCUT2D eigenvalue weighted by atomic mass is 16.5. The van der Waals surface area contributed by atoms with E-state index in [9.17, 15) is 0 Å². The molecule has 0 bridgehead atoms. The van der Waals surface area contributed by atoms with Gasteiger partial charge in [-0.25, -0.2) is 19.9 Å². The van der Waals surface area contributed by atoms with Gasteiger partial charge in [0.15, 0.2) is 5.58 Å². The summed E-state index contributed by atoms with van der Waals surface area (Å²) in [6.45, 7) is 8.36. The van der Waals surface area contributed by atoms with Crippen molar-refractivity contribution in [3.63, 3.8) is 0 Å². The maximum atomic E-state index is 6.08. The fourth-order valence-corrected chi connectivity index (χ4v) is 5.99. The second-order valence-corrected chi connectivity index (χ2v) is 13.0. The fraction of sp³-hybridized carbons (Fsp3) is 0.214. The molecule has 0 aliphatic carbocycles. The monoisotopic (exact) mass is 721 g/mol. The summed E-state index contributed by atoms with van der Waals surface area (Å²) in [5.41, 5.74) is 7.41. The molecule has 1 saturated heterocycles. The molecule has 0 unspecified atom stereocenters. The van der Waals surface area contributed by atoms with Crippen molar-refractivity contribution in [3.05, 3.63) is 122 Å². The number of nitrogens with one attached hydrogen (secondary N) is 2. The first kappa shape index (κ1) is 35.9. The fourth-order valence-electron chi connectivity index (χ4n) is 5.99. The number of aromatic nitrogens is 5. The van der Waals surface area contributed by atoms with Crippen LogP contribution in [0.4, 0.5) is 29.3 Å². The Labute approximate surface area is 314 Å². The molecular weight excluding hydrogens is 679 g/mol. The summed E-state index contributed by atoms with van der Waals surface area (Å²) in [4.78, 5) is 27.0. The molecule has 0 amide bonds. The summed E-state index contributed by atoms with van der Waals surface area (Å²) in [5, 5.41) is 6.41. The van der Waals surface area contributed by atoms with Crippen LogP contribution in [0.5, 0.6) is 11.5 Å². The van der Waals surface area contributed by atoms with Crippen LogP contribution in [-0.4, -0.2) is 76.3 Å². The molecule has 4 heterocycles. The predicted octanol–water partition coefficient (Wildman–Crippen LogP) is 8.46. The summed E-state index contributed by atoms with van der Waals surface area (Å²) < 4.78 is 16.4. The van der Waals surface area contributed by atoms with Gasteiger partial charge in [0.2, 0.25) is 11.9 Å². The highest BCUT2D eigenvalue weighted by molar-refractivity contribution is 5.80. The number of methoxy groups -OCH3 is 2. The third kappa shape index (κ3) is 8.91. The van der Waals surface area contributed by atoms with Gasteiger partial charge in [0.05, 0.1) is 14.2 Å². The minimum atomic E-state index is 0.524. The molecule has 7 aromatic rings. The van der Waals surface area contributed by atoms with Crippen molar-refractivity contribution in [2.75, 3.05) is 55.9 Å². The van der Waals surface area contributed by atoms with E-state index in [0.717, 1.165) is 82.4 Å². The molecule has 0 radical (unpaired) electrons. The number of hydrogen-bond donors (Lipinski definition) is 2. The van der Waals surface area contributed by atoms with Gasteiger partial charge in [-0.3, -0.25) is 4.90 Å². The Hall–Kier alpha value is -6.53. The molecule has 0 atom stereocenters. The van der Waals surface area contributed by atoms with E-state index in [1.807, 2.05) is 97.1 Å². The van der Waals surface area contributed by atoms with Crippen LogP contribution in [0.2, 0.25) is 0 Å². The van der Waals surface area contributed by atoms with Gasteiger partial charge in [0.25, 0.3) is 6.01 Å². The number of rotatable bonds is 10. The zero-order valence-electron chi connectivity index (χ0n) is 30.8. The number of nitrogens with zero attached hydrogens (tertiary/aromatic N) is 7. The van der Waals surface area contributed by atoms with Crippen LogP contribution < -0.4 is 25.0 Å². The van der Waals surface area contributed by atoms with Gasteiger partial charge >= 0.3 is 0 Å². The van der Waals surface area contributed by atoms with Gasteiger partial charge in [-0.2, -0.15) is 4.98 Å². The molecule has 1 fully saturated rings. The Balaban J connectivity index is 0.000000184. The number of piperazine rings is 1. The van der Waals surface area contributed by atoms with Gasteiger partial charge in [-0.1, -0.05) is 42.5 Å². The highest BCUT2D eigenvalue weighted by Gasteiger charge is 2.22. The minimum Gasteiger partial charge on any atom is -0.497 e. The topological polar surface area (TPSA) is 127 Å². The van der Waals surface area contributed by atoms with Crippen molar-refractivity contribution >= 4 is 40.4 Å². The molecule has 1 aliphatic rings. The van der Waals surface area contributed by atoms with Crippen molar-refractivity contribution < 1.29 is 13.9 Å². The quantitative estimate of drug-likeness (QED) is 0.141. The third-order valence-corrected chi connectivity index (χ3v) is 9.13. The second-order valence-electron chi connectivity index (χ2n) is 13.0. The number of oxazole rings is 1. The first-order valence-electron chi connectivity index (χ1n) is 17.9. The van der Waals surface area contributed by atoms with E-state index in [0.29, 0.717) is 24.0 Å². The molecular formula is C42H43N9O3. The molecule has 0 spiro atoms. The van der Waals surface area contributed by atoms with Crippen molar-refractivity contribution in [1.29, 1.82) is 0 Å². The molecule has 12 nitrogen and oxygen atoms in total. The van der Waals surface area contributed by atoms with Crippen molar-refractivity contribution in [1.82, 2.24) is 29.8 Å². The minimum absolute atomic E-state index is 0.524. The van der Waals surface area contributed by atoms with Crippen molar-refractivity contribution in [2.24, 2.45) is 0 Å². The van der Waals surface area contributed by atoms with E-state index in [-0.39, 0.29) is 0 Å². The maximum Gasteiger partial charge on any atom is 0.298 e. The van der Waals surface area contributed by atoms with Gasteiger partial charge in [0, 0.05) is 85.6 Å². The summed E-state index contributed by atoms with van der Waals surface area (Å²) >= 11 is 0. The van der Waals surface area contributed by atoms with Crippen LogP contribution in [0, 0.1) is 0 Å². The highest BCUT2D eigenvalue weighted by Crippen LogP contribution is 2.28. The van der Waals surface area contributed by atoms with Gasteiger partial charge < -0.3 is 29.4 Å². The third-order valence-electron chi connectivity index (χ3n) is 9.13. The zero-order valence-corrected chi connectivity index (χ0v) is 30.8.